The number of nitrogens with one attached hydrogen (secondary N) is 1. The van der Waals surface area contributed by atoms with E-state index in [4.69, 9.17) is 5.26 Å². The van der Waals surface area contributed by atoms with Crippen LogP contribution in [-0.2, 0) is 0 Å². The van der Waals surface area contributed by atoms with Crippen LogP contribution >= 0.6 is 12.6 Å². The van der Waals surface area contributed by atoms with Gasteiger partial charge in [0, 0.05) is 28.4 Å². The lowest BCUT2D eigenvalue weighted by atomic mass is 10.1. The Balaban J connectivity index is 2.30. The van der Waals surface area contributed by atoms with Gasteiger partial charge in [0.15, 0.2) is 0 Å². The predicted octanol–water partition coefficient (Wildman–Crippen LogP) is 1.88. The number of rotatable bonds is 1. The van der Waals surface area contributed by atoms with Crippen molar-refractivity contribution in [2.75, 3.05) is 0 Å². The summed E-state index contributed by atoms with van der Waals surface area (Å²) in [5.74, 6) is 0. The van der Waals surface area contributed by atoms with Crippen molar-refractivity contribution in [2.24, 2.45) is 0 Å². The number of hydrogen-bond acceptors (Lipinski definition) is 4. The molecule has 0 spiro atoms. The molecule has 1 N–H and O–H groups in total. The van der Waals surface area contributed by atoms with Gasteiger partial charge in [-0.25, -0.2) is 4.52 Å². The van der Waals surface area contributed by atoms with Crippen molar-refractivity contribution in [3.63, 3.8) is 0 Å². The summed E-state index contributed by atoms with van der Waals surface area (Å²) in [5, 5.41) is 19.7. The van der Waals surface area contributed by atoms with E-state index in [0.717, 1.165) is 21.5 Å². The maximum atomic E-state index is 8.95. The Bertz CT molecular complexity index is 720. The summed E-state index contributed by atoms with van der Waals surface area (Å²) in [6.45, 7) is 0. The monoisotopic (exact) mass is 241 g/mol. The Morgan fingerprint density at radius 1 is 1.35 bits per heavy atom. The molecule has 3 rings (SSSR count). The maximum absolute atomic E-state index is 8.95. The van der Waals surface area contributed by atoms with E-state index < -0.39 is 0 Å². The van der Waals surface area contributed by atoms with Gasteiger partial charge in [-0.1, -0.05) is 0 Å². The zero-order valence-corrected chi connectivity index (χ0v) is 9.52. The van der Waals surface area contributed by atoms with Crippen LogP contribution in [0, 0.1) is 11.3 Å². The highest BCUT2D eigenvalue weighted by molar-refractivity contribution is 7.80. The van der Waals surface area contributed by atoms with Crippen molar-refractivity contribution in [1.29, 1.82) is 5.26 Å². The molecule has 3 aromatic heterocycles. The molecule has 0 saturated carbocycles. The average molecular weight is 241 g/mol. The molecule has 0 aromatic carbocycles. The normalized spacial score (nSPS) is 10.6. The topological polar surface area (TPSA) is 69.8 Å². The van der Waals surface area contributed by atoms with Crippen LogP contribution in [-0.4, -0.2) is 19.8 Å². The minimum atomic E-state index is 0.522. The average Bonchev–Trinajstić information content (AvgIpc) is 2.97. The van der Waals surface area contributed by atoms with Crippen LogP contribution in [0.5, 0.6) is 0 Å². The largest absolute Gasteiger partial charge is 0.285 e. The van der Waals surface area contributed by atoms with Crippen LogP contribution < -0.4 is 0 Å². The van der Waals surface area contributed by atoms with Crippen LogP contribution in [0.4, 0.5) is 0 Å². The first-order valence-electron chi connectivity index (χ1n) is 4.89. The number of thiol groups is 1. The summed E-state index contributed by atoms with van der Waals surface area (Å²) in [5.41, 5.74) is 3.15. The highest BCUT2D eigenvalue weighted by Gasteiger charge is 2.09. The SMILES string of the molecule is N#Cc1cnn2cc(-c3cn[nH]c3)cc(S)c12. The second kappa shape index (κ2) is 3.64. The fourth-order valence-corrected chi connectivity index (χ4v) is 2.11. The predicted molar refractivity (Wildman–Crippen MR) is 64.7 cm³/mol. The lowest BCUT2D eigenvalue weighted by Crippen LogP contribution is -1.90. The highest BCUT2D eigenvalue weighted by atomic mass is 32.1. The molecular weight excluding hydrogens is 234 g/mol. The van der Waals surface area contributed by atoms with E-state index in [1.54, 1.807) is 16.9 Å². The van der Waals surface area contributed by atoms with Crippen LogP contribution in [0.25, 0.3) is 16.6 Å². The first-order valence-corrected chi connectivity index (χ1v) is 5.34. The van der Waals surface area contributed by atoms with Gasteiger partial charge < -0.3 is 0 Å². The van der Waals surface area contributed by atoms with Crippen molar-refractivity contribution in [3.8, 4) is 17.2 Å². The van der Waals surface area contributed by atoms with Crippen molar-refractivity contribution < 1.29 is 0 Å². The molecule has 0 aliphatic rings. The third-order valence-corrected chi connectivity index (χ3v) is 2.88. The molecule has 82 valence electrons. The van der Waals surface area contributed by atoms with Gasteiger partial charge in [0.05, 0.1) is 23.5 Å². The van der Waals surface area contributed by atoms with E-state index in [2.05, 4.69) is 34.0 Å². The van der Waals surface area contributed by atoms with E-state index in [9.17, 15) is 0 Å². The molecule has 3 aromatic rings. The van der Waals surface area contributed by atoms with Crippen LogP contribution in [0.2, 0.25) is 0 Å². The third kappa shape index (κ3) is 1.48. The highest BCUT2D eigenvalue weighted by Crippen LogP contribution is 2.26. The number of aromatic nitrogens is 4. The Morgan fingerprint density at radius 2 is 2.24 bits per heavy atom. The summed E-state index contributed by atoms with van der Waals surface area (Å²) >= 11 is 4.40. The minimum Gasteiger partial charge on any atom is -0.285 e. The zero-order valence-electron chi connectivity index (χ0n) is 8.62. The van der Waals surface area contributed by atoms with Crippen LogP contribution in [0.1, 0.15) is 5.56 Å². The van der Waals surface area contributed by atoms with E-state index >= 15 is 0 Å². The van der Waals surface area contributed by atoms with E-state index in [1.165, 1.54) is 6.20 Å². The number of aromatic amines is 1. The molecule has 0 radical (unpaired) electrons. The van der Waals surface area contributed by atoms with Crippen molar-refractivity contribution in [1.82, 2.24) is 19.8 Å². The molecule has 17 heavy (non-hydrogen) atoms. The van der Waals surface area contributed by atoms with Crippen molar-refractivity contribution >= 4 is 18.1 Å². The fourth-order valence-electron chi connectivity index (χ4n) is 1.75. The molecule has 0 unspecified atom stereocenters. The van der Waals surface area contributed by atoms with Gasteiger partial charge in [0.25, 0.3) is 0 Å². The number of H-pyrrole nitrogens is 1. The Hall–Kier alpha value is -2.26. The molecule has 3 heterocycles. The third-order valence-electron chi connectivity index (χ3n) is 2.54. The van der Waals surface area contributed by atoms with Crippen molar-refractivity contribution in [2.45, 2.75) is 4.90 Å². The lowest BCUT2D eigenvalue weighted by molar-refractivity contribution is 0.952. The van der Waals surface area contributed by atoms with Crippen LogP contribution in [0.3, 0.4) is 0 Å². The standard InChI is InChI=1S/C11H7N5S/c12-2-8-5-15-16-6-7(1-10(17)11(8)16)9-3-13-14-4-9/h1,3-6,17H,(H,13,14). The Kier molecular flexibility index (Phi) is 2.13. The van der Waals surface area contributed by atoms with Gasteiger partial charge in [0.1, 0.15) is 6.07 Å². The van der Waals surface area contributed by atoms with Crippen molar-refractivity contribution in [3.05, 3.63) is 36.4 Å². The smallest absolute Gasteiger partial charge is 0.103 e. The Morgan fingerprint density at radius 3 is 2.94 bits per heavy atom. The fraction of sp³-hybridized carbons (Fsp3) is 0. The molecule has 5 nitrogen and oxygen atoms in total. The number of nitrogens with zero attached hydrogens (tertiary/aromatic N) is 4. The first-order chi connectivity index (χ1) is 8.29. The second-order valence-corrected chi connectivity index (χ2v) is 4.05. The van der Waals surface area contributed by atoms with Gasteiger partial charge in [-0.2, -0.15) is 15.5 Å². The quantitative estimate of drug-likeness (QED) is 0.639. The number of hydrogen-bond donors (Lipinski definition) is 2. The molecule has 0 amide bonds. The molecule has 0 atom stereocenters. The second-order valence-electron chi connectivity index (χ2n) is 3.56. The molecule has 0 saturated heterocycles. The zero-order chi connectivity index (χ0) is 11.8. The summed E-state index contributed by atoms with van der Waals surface area (Å²) in [7, 11) is 0. The Labute approximate surface area is 102 Å². The molecular formula is C11H7N5S. The lowest BCUT2D eigenvalue weighted by Gasteiger charge is -2.02. The van der Waals surface area contributed by atoms with Crippen LogP contribution in [0.15, 0.2) is 35.7 Å². The molecule has 0 fully saturated rings. The molecule has 6 heteroatoms. The van der Waals surface area contributed by atoms with Gasteiger partial charge in [0.2, 0.25) is 0 Å². The molecule has 0 aliphatic heterocycles. The number of fused-ring (bicyclic) bond motifs is 1. The molecule has 0 bridgehead atoms. The van der Waals surface area contributed by atoms with Gasteiger partial charge in [-0.3, -0.25) is 5.10 Å². The number of nitriles is 1. The summed E-state index contributed by atoms with van der Waals surface area (Å²) in [6, 6.07) is 3.99. The minimum absolute atomic E-state index is 0.522. The maximum Gasteiger partial charge on any atom is 0.103 e. The van der Waals surface area contributed by atoms with E-state index in [1.807, 2.05) is 12.3 Å². The first kappa shape index (κ1) is 9.93. The summed E-state index contributed by atoms with van der Waals surface area (Å²) in [4.78, 5) is 0.720. The van der Waals surface area contributed by atoms with Gasteiger partial charge in [-0.05, 0) is 6.07 Å². The molecule has 0 aliphatic carbocycles. The van der Waals surface area contributed by atoms with E-state index in [-0.39, 0.29) is 0 Å². The van der Waals surface area contributed by atoms with E-state index in [0.29, 0.717) is 5.56 Å². The summed E-state index contributed by atoms with van der Waals surface area (Å²) in [6.07, 6.45) is 6.90. The van der Waals surface area contributed by atoms with Gasteiger partial charge >= 0.3 is 0 Å². The number of pyridine rings is 1. The summed E-state index contributed by atoms with van der Waals surface area (Å²) < 4.78 is 1.66. The van der Waals surface area contributed by atoms with Gasteiger partial charge in [-0.15, -0.1) is 12.6 Å².